The zero-order valence-electron chi connectivity index (χ0n) is 20.5. The number of hydrogen-bond acceptors (Lipinski definition) is 5. The number of imidazole rings is 1. The first kappa shape index (κ1) is 22.2. The fraction of sp³-hybridized carbons (Fsp3) is 0.429. The summed E-state index contributed by atoms with van der Waals surface area (Å²) in [5.74, 6) is 0.817. The topological polar surface area (TPSA) is 73.8 Å². The molecule has 1 saturated heterocycles. The zero-order chi connectivity index (χ0) is 23.6. The number of benzene rings is 2. The number of nitrogens with one attached hydrogen (secondary N) is 3. The largest absolute Gasteiger partial charge is 0.382 e. The molecule has 35 heavy (non-hydrogen) atoms. The number of nitrogens with zero attached hydrogens (tertiary/aromatic N) is 4. The third-order valence-electron chi connectivity index (χ3n) is 7.68. The van der Waals surface area contributed by atoms with E-state index in [0.717, 1.165) is 41.4 Å². The van der Waals surface area contributed by atoms with Crippen LogP contribution < -0.4 is 10.6 Å². The predicted molar refractivity (Wildman–Crippen MR) is 143 cm³/mol. The molecule has 3 N–H and O–H groups in total. The molecule has 7 heteroatoms. The molecule has 0 radical (unpaired) electrons. The number of fused-ring (bicyclic) bond motifs is 1. The smallest absolute Gasteiger partial charge is 0.152 e. The Labute approximate surface area is 206 Å². The Kier molecular flexibility index (Phi) is 6.17. The molecule has 1 aliphatic heterocycles. The predicted octanol–water partition coefficient (Wildman–Crippen LogP) is 6.18. The van der Waals surface area contributed by atoms with Gasteiger partial charge in [0.2, 0.25) is 0 Å². The first-order valence-corrected chi connectivity index (χ1v) is 13.1. The van der Waals surface area contributed by atoms with Crippen LogP contribution in [0, 0.1) is 0 Å². The van der Waals surface area contributed by atoms with E-state index < -0.39 is 0 Å². The van der Waals surface area contributed by atoms with Gasteiger partial charge < -0.3 is 20.1 Å². The molecule has 4 aromatic rings. The molecule has 182 valence electrons. The van der Waals surface area contributed by atoms with Gasteiger partial charge in [-0.15, -0.1) is 0 Å². The van der Waals surface area contributed by atoms with E-state index in [9.17, 15) is 0 Å². The first-order valence-electron chi connectivity index (χ1n) is 13.1. The van der Waals surface area contributed by atoms with Crippen molar-refractivity contribution in [3.8, 4) is 11.3 Å². The highest BCUT2D eigenvalue weighted by atomic mass is 15.2. The number of H-pyrrole nitrogens is 1. The van der Waals surface area contributed by atoms with Crippen LogP contribution >= 0.6 is 0 Å². The van der Waals surface area contributed by atoms with E-state index in [2.05, 4.69) is 90.9 Å². The molecular formula is C28H35N7. The molecule has 0 spiro atoms. The van der Waals surface area contributed by atoms with Crippen molar-refractivity contribution in [2.24, 2.45) is 0 Å². The Balaban J connectivity index is 1.13. The minimum atomic E-state index is 0.561. The van der Waals surface area contributed by atoms with Crippen molar-refractivity contribution in [2.75, 3.05) is 30.8 Å². The monoisotopic (exact) mass is 469 g/mol. The van der Waals surface area contributed by atoms with Gasteiger partial charge in [-0.3, -0.25) is 5.10 Å². The molecule has 2 aliphatic rings. The molecule has 6 rings (SSSR count). The van der Waals surface area contributed by atoms with E-state index in [-0.39, 0.29) is 0 Å². The Morgan fingerprint density at radius 1 is 0.886 bits per heavy atom. The summed E-state index contributed by atoms with van der Waals surface area (Å²) in [6, 6.07) is 18.2. The lowest BCUT2D eigenvalue weighted by atomic mass is 9.95. The van der Waals surface area contributed by atoms with Crippen LogP contribution in [0.2, 0.25) is 0 Å². The number of rotatable bonds is 6. The molecular weight excluding hydrogens is 434 g/mol. The maximum Gasteiger partial charge on any atom is 0.152 e. The third kappa shape index (κ3) is 4.91. The van der Waals surface area contributed by atoms with E-state index in [0.29, 0.717) is 12.1 Å². The van der Waals surface area contributed by atoms with Crippen LogP contribution in [0.15, 0.2) is 54.9 Å². The van der Waals surface area contributed by atoms with Crippen LogP contribution in [0.5, 0.6) is 0 Å². The van der Waals surface area contributed by atoms with Crippen molar-refractivity contribution in [1.29, 1.82) is 0 Å². The van der Waals surface area contributed by atoms with Crippen LogP contribution in [-0.4, -0.2) is 50.8 Å². The Morgan fingerprint density at radius 3 is 2.46 bits per heavy atom. The summed E-state index contributed by atoms with van der Waals surface area (Å²) in [6.45, 7) is 2.32. The summed E-state index contributed by atoms with van der Waals surface area (Å²) in [6.07, 6.45) is 10.9. The van der Waals surface area contributed by atoms with Gasteiger partial charge in [-0.2, -0.15) is 5.10 Å². The van der Waals surface area contributed by atoms with E-state index in [1.165, 1.54) is 56.1 Å². The highest BCUT2D eigenvalue weighted by Gasteiger charge is 2.18. The van der Waals surface area contributed by atoms with Gasteiger partial charge in [-0.25, -0.2) is 4.98 Å². The standard InChI is InChI=1S/C28H35N7/c1-34-15-13-23(14-16-34)30-21-8-10-22(11-9-21)31-28-18-26(32-33-28)20-7-12-25-27(17-20)35(19-29-25)24-5-3-2-4-6-24/h7-12,17-19,23-24,30H,2-6,13-16H2,1H3,(H2,31,32,33). The number of anilines is 3. The van der Waals surface area contributed by atoms with Gasteiger partial charge in [0.15, 0.2) is 5.82 Å². The van der Waals surface area contributed by atoms with Crippen molar-refractivity contribution in [3.05, 3.63) is 54.9 Å². The summed E-state index contributed by atoms with van der Waals surface area (Å²) in [7, 11) is 2.20. The summed E-state index contributed by atoms with van der Waals surface area (Å²) in [5, 5.41) is 14.8. The van der Waals surface area contributed by atoms with Gasteiger partial charge in [0.25, 0.3) is 0 Å². The number of likely N-dealkylation sites (tertiary alicyclic amines) is 1. The maximum absolute atomic E-state index is 4.65. The van der Waals surface area contributed by atoms with E-state index in [1.807, 2.05) is 6.33 Å². The molecule has 2 fully saturated rings. The van der Waals surface area contributed by atoms with Crippen molar-refractivity contribution < 1.29 is 0 Å². The van der Waals surface area contributed by atoms with Gasteiger partial charge >= 0.3 is 0 Å². The second-order valence-electron chi connectivity index (χ2n) is 10.2. The van der Waals surface area contributed by atoms with E-state index in [4.69, 9.17) is 0 Å². The molecule has 0 amide bonds. The Hall–Kier alpha value is -3.32. The van der Waals surface area contributed by atoms with Crippen LogP contribution in [0.1, 0.15) is 51.0 Å². The molecule has 7 nitrogen and oxygen atoms in total. The summed E-state index contributed by atoms with van der Waals surface area (Å²) in [5.41, 5.74) is 6.62. The lowest BCUT2D eigenvalue weighted by Gasteiger charge is -2.30. The van der Waals surface area contributed by atoms with Crippen LogP contribution in [0.3, 0.4) is 0 Å². The van der Waals surface area contributed by atoms with Gasteiger partial charge in [0, 0.05) is 35.1 Å². The number of piperidine rings is 1. The SMILES string of the molecule is CN1CCC(Nc2ccc(Nc3cc(-c4ccc5ncn(C6CCCCC6)c5c4)[nH]n3)cc2)CC1. The Morgan fingerprint density at radius 2 is 1.66 bits per heavy atom. The summed E-state index contributed by atoms with van der Waals surface area (Å²) >= 11 is 0. The van der Waals surface area contributed by atoms with E-state index >= 15 is 0 Å². The van der Waals surface area contributed by atoms with Gasteiger partial charge in [-0.1, -0.05) is 25.3 Å². The lowest BCUT2D eigenvalue weighted by molar-refractivity contribution is 0.264. The number of aromatic nitrogens is 4. The molecule has 2 aromatic carbocycles. The molecule has 1 saturated carbocycles. The fourth-order valence-electron chi connectivity index (χ4n) is 5.56. The molecule has 3 heterocycles. The first-order chi connectivity index (χ1) is 17.2. The minimum Gasteiger partial charge on any atom is -0.382 e. The second-order valence-corrected chi connectivity index (χ2v) is 10.2. The summed E-state index contributed by atoms with van der Waals surface area (Å²) in [4.78, 5) is 7.05. The molecule has 0 bridgehead atoms. The lowest BCUT2D eigenvalue weighted by Crippen LogP contribution is -2.36. The van der Waals surface area contributed by atoms with Crippen LogP contribution in [-0.2, 0) is 0 Å². The minimum absolute atomic E-state index is 0.561. The molecule has 0 atom stereocenters. The average molecular weight is 470 g/mol. The van der Waals surface area contributed by atoms with Crippen molar-refractivity contribution in [1.82, 2.24) is 24.6 Å². The highest BCUT2D eigenvalue weighted by molar-refractivity contribution is 5.82. The van der Waals surface area contributed by atoms with Crippen molar-refractivity contribution in [2.45, 2.75) is 57.0 Å². The zero-order valence-corrected chi connectivity index (χ0v) is 20.5. The second kappa shape index (κ2) is 9.74. The van der Waals surface area contributed by atoms with Crippen LogP contribution in [0.4, 0.5) is 17.2 Å². The normalized spacial score (nSPS) is 18.2. The fourth-order valence-corrected chi connectivity index (χ4v) is 5.56. The van der Waals surface area contributed by atoms with Gasteiger partial charge in [-0.05, 0) is 82.2 Å². The van der Waals surface area contributed by atoms with Gasteiger partial charge in [0.05, 0.1) is 23.1 Å². The molecule has 1 aliphatic carbocycles. The van der Waals surface area contributed by atoms with Crippen molar-refractivity contribution >= 4 is 28.2 Å². The summed E-state index contributed by atoms with van der Waals surface area (Å²) < 4.78 is 2.38. The molecule has 2 aromatic heterocycles. The highest BCUT2D eigenvalue weighted by Crippen LogP contribution is 2.32. The number of aromatic amines is 1. The quantitative estimate of drug-likeness (QED) is 0.314. The average Bonchev–Trinajstić information content (AvgIpc) is 3.54. The van der Waals surface area contributed by atoms with Gasteiger partial charge in [0.1, 0.15) is 0 Å². The van der Waals surface area contributed by atoms with Crippen molar-refractivity contribution in [3.63, 3.8) is 0 Å². The third-order valence-corrected chi connectivity index (χ3v) is 7.68. The number of hydrogen-bond donors (Lipinski definition) is 3. The Bertz CT molecular complexity index is 1260. The van der Waals surface area contributed by atoms with Crippen LogP contribution in [0.25, 0.3) is 22.3 Å². The molecule has 0 unspecified atom stereocenters. The van der Waals surface area contributed by atoms with E-state index in [1.54, 1.807) is 0 Å². The maximum atomic E-state index is 4.65.